The van der Waals surface area contributed by atoms with Gasteiger partial charge < -0.3 is 4.74 Å². The third kappa shape index (κ3) is 2.73. The summed E-state index contributed by atoms with van der Waals surface area (Å²) in [6, 6.07) is 11.9. The fourth-order valence-electron chi connectivity index (χ4n) is 2.88. The van der Waals surface area contributed by atoms with Gasteiger partial charge in [-0.3, -0.25) is 4.79 Å². The number of carbonyl (C=O) groups excluding carboxylic acids is 1. The second-order valence-corrected chi connectivity index (χ2v) is 7.03. The van der Waals surface area contributed by atoms with Crippen molar-refractivity contribution in [2.24, 2.45) is 5.14 Å². The molecule has 1 unspecified atom stereocenters. The van der Waals surface area contributed by atoms with Gasteiger partial charge in [0.1, 0.15) is 12.4 Å². The van der Waals surface area contributed by atoms with Crippen LogP contribution in [0.4, 0.5) is 4.39 Å². The van der Waals surface area contributed by atoms with Gasteiger partial charge in [-0.25, -0.2) is 17.9 Å². The van der Waals surface area contributed by atoms with Crippen LogP contribution in [0.3, 0.4) is 0 Å². The van der Waals surface area contributed by atoms with Crippen LogP contribution >= 0.6 is 0 Å². The molecule has 1 heterocycles. The summed E-state index contributed by atoms with van der Waals surface area (Å²) in [6.45, 7) is 0.00148. The van der Waals surface area contributed by atoms with E-state index in [2.05, 4.69) is 0 Å². The summed E-state index contributed by atoms with van der Waals surface area (Å²) in [5.41, 5.74) is -0.0330. The minimum Gasteiger partial charge on any atom is -0.464 e. The third-order valence-corrected chi connectivity index (χ3v) is 4.98. The number of hydrogen-bond donors (Lipinski definition) is 1. The maximum absolute atomic E-state index is 14.3. The number of rotatable bonds is 3. The topological polar surface area (TPSA) is 86.5 Å². The molecule has 1 aliphatic heterocycles. The molecule has 0 spiro atoms. The molecular weight excluding hydrogens is 321 g/mol. The lowest BCUT2D eigenvalue weighted by Crippen LogP contribution is -2.29. The number of hydrogen-bond acceptors (Lipinski definition) is 4. The van der Waals surface area contributed by atoms with Crippen LogP contribution in [0.5, 0.6) is 0 Å². The Morgan fingerprint density at radius 2 is 1.74 bits per heavy atom. The van der Waals surface area contributed by atoms with Gasteiger partial charge >= 0.3 is 5.97 Å². The molecule has 2 aromatic carbocycles. The van der Waals surface area contributed by atoms with Crippen molar-refractivity contribution in [1.29, 1.82) is 0 Å². The number of carbonyl (C=O) groups is 1. The van der Waals surface area contributed by atoms with Gasteiger partial charge in [0.2, 0.25) is 10.0 Å². The molecule has 0 aliphatic carbocycles. The highest BCUT2D eigenvalue weighted by molar-refractivity contribution is 7.89. The Hall–Kier alpha value is -2.25. The Morgan fingerprint density at radius 1 is 1.09 bits per heavy atom. The van der Waals surface area contributed by atoms with Gasteiger partial charge in [-0.15, -0.1) is 0 Å². The Labute approximate surface area is 132 Å². The van der Waals surface area contributed by atoms with Crippen LogP contribution in [0.1, 0.15) is 17.5 Å². The molecule has 1 fully saturated rings. The van der Waals surface area contributed by atoms with Crippen LogP contribution in [-0.2, 0) is 25.0 Å². The fraction of sp³-hybridized carbons (Fsp3) is 0.188. The third-order valence-electron chi connectivity index (χ3n) is 4.05. The summed E-state index contributed by atoms with van der Waals surface area (Å²) in [5.74, 6) is -0.870. The van der Waals surface area contributed by atoms with Crippen LogP contribution < -0.4 is 5.14 Å². The average molecular weight is 335 g/mol. The summed E-state index contributed by atoms with van der Waals surface area (Å²) in [7, 11) is -3.82. The summed E-state index contributed by atoms with van der Waals surface area (Å²) >= 11 is 0. The van der Waals surface area contributed by atoms with Crippen LogP contribution in [0.2, 0.25) is 0 Å². The van der Waals surface area contributed by atoms with Gasteiger partial charge in [0.15, 0.2) is 0 Å². The van der Waals surface area contributed by atoms with Crippen molar-refractivity contribution >= 4 is 16.0 Å². The van der Waals surface area contributed by atoms with Crippen LogP contribution in [0.15, 0.2) is 53.4 Å². The van der Waals surface area contributed by atoms with Gasteiger partial charge in [0.25, 0.3) is 0 Å². The quantitative estimate of drug-likeness (QED) is 0.865. The summed E-state index contributed by atoms with van der Waals surface area (Å²) in [4.78, 5) is 11.6. The molecule has 1 atom stereocenters. The number of halogens is 1. The van der Waals surface area contributed by atoms with Gasteiger partial charge in [-0.1, -0.05) is 30.3 Å². The lowest BCUT2D eigenvalue weighted by atomic mass is 9.73. The predicted octanol–water partition coefficient (Wildman–Crippen LogP) is 1.71. The molecule has 2 N–H and O–H groups in total. The molecule has 0 radical (unpaired) electrons. The van der Waals surface area contributed by atoms with Crippen molar-refractivity contribution in [3.05, 3.63) is 65.5 Å². The molecule has 0 amide bonds. The molecule has 3 rings (SSSR count). The maximum Gasteiger partial charge on any atom is 0.307 e. The van der Waals surface area contributed by atoms with Crippen molar-refractivity contribution in [2.75, 3.05) is 6.61 Å². The highest BCUT2D eigenvalue weighted by Crippen LogP contribution is 2.41. The van der Waals surface area contributed by atoms with E-state index in [0.717, 1.165) is 0 Å². The molecule has 0 bridgehead atoms. The van der Waals surface area contributed by atoms with E-state index in [4.69, 9.17) is 9.88 Å². The van der Waals surface area contributed by atoms with E-state index < -0.39 is 27.2 Å². The minimum atomic E-state index is -3.82. The predicted molar refractivity (Wildman–Crippen MR) is 80.6 cm³/mol. The number of ether oxygens (including phenoxy) is 1. The molecular formula is C16H14FNO4S. The first-order valence-electron chi connectivity index (χ1n) is 6.87. The Morgan fingerprint density at radius 3 is 2.26 bits per heavy atom. The summed E-state index contributed by atoms with van der Waals surface area (Å²) in [5, 5.41) is 5.08. The lowest BCUT2D eigenvalue weighted by Gasteiger charge is -2.27. The van der Waals surface area contributed by atoms with Crippen molar-refractivity contribution in [2.45, 2.75) is 16.7 Å². The van der Waals surface area contributed by atoms with Crippen molar-refractivity contribution in [3.8, 4) is 0 Å². The maximum atomic E-state index is 14.3. The zero-order chi connectivity index (χ0) is 16.7. The average Bonchev–Trinajstić information content (AvgIpc) is 2.90. The molecule has 5 nitrogen and oxygen atoms in total. The first-order chi connectivity index (χ1) is 10.8. The Balaban J connectivity index is 2.15. The largest absolute Gasteiger partial charge is 0.464 e. The van der Waals surface area contributed by atoms with E-state index in [1.165, 1.54) is 30.3 Å². The zero-order valence-corrected chi connectivity index (χ0v) is 12.8. The standard InChI is InChI=1S/C16H14FNO4S/c17-14-4-2-1-3-13(14)16(9-15(19)22-10-16)11-5-7-12(8-6-11)23(18,20)21/h1-8H,9-10H2,(H2,18,20,21). The number of benzene rings is 2. The molecule has 2 aromatic rings. The van der Waals surface area contributed by atoms with Crippen LogP contribution in [0.25, 0.3) is 0 Å². The number of sulfonamides is 1. The normalized spacial score (nSPS) is 21.2. The molecule has 1 saturated heterocycles. The summed E-state index contributed by atoms with van der Waals surface area (Å²) < 4.78 is 42.1. The molecule has 7 heteroatoms. The van der Waals surface area contributed by atoms with Gasteiger partial charge in [0, 0.05) is 5.56 Å². The first-order valence-corrected chi connectivity index (χ1v) is 8.41. The second kappa shape index (κ2) is 5.43. The number of nitrogens with two attached hydrogens (primary N) is 1. The summed E-state index contributed by atoms with van der Waals surface area (Å²) in [6.07, 6.45) is -0.0113. The first kappa shape index (κ1) is 15.6. The smallest absolute Gasteiger partial charge is 0.307 e. The fourth-order valence-corrected chi connectivity index (χ4v) is 3.39. The van der Waals surface area contributed by atoms with Crippen molar-refractivity contribution in [1.82, 2.24) is 0 Å². The van der Waals surface area contributed by atoms with E-state index >= 15 is 0 Å². The second-order valence-electron chi connectivity index (χ2n) is 5.47. The van der Waals surface area contributed by atoms with E-state index in [1.807, 2.05) is 0 Å². The number of cyclic esters (lactones) is 1. The molecule has 23 heavy (non-hydrogen) atoms. The van der Waals surface area contributed by atoms with Crippen LogP contribution in [0, 0.1) is 5.82 Å². The van der Waals surface area contributed by atoms with Gasteiger partial charge in [-0.05, 0) is 23.8 Å². The highest BCUT2D eigenvalue weighted by atomic mass is 32.2. The zero-order valence-electron chi connectivity index (χ0n) is 12.0. The monoisotopic (exact) mass is 335 g/mol. The van der Waals surface area contributed by atoms with Gasteiger partial charge in [0.05, 0.1) is 16.7 Å². The van der Waals surface area contributed by atoms with Crippen molar-refractivity contribution < 1.29 is 22.3 Å². The molecule has 120 valence electrons. The SMILES string of the molecule is NS(=O)(=O)c1ccc(C2(c3ccccc3F)COC(=O)C2)cc1. The number of esters is 1. The lowest BCUT2D eigenvalue weighted by molar-refractivity contribution is -0.137. The highest BCUT2D eigenvalue weighted by Gasteiger charge is 2.45. The minimum absolute atomic E-state index is 0.00148. The van der Waals surface area contributed by atoms with Crippen LogP contribution in [-0.4, -0.2) is 21.0 Å². The van der Waals surface area contributed by atoms with E-state index in [1.54, 1.807) is 18.2 Å². The molecule has 1 aliphatic rings. The Bertz CT molecular complexity index is 864. The van der Waals surface area contributed by atoms with E-state index in [9.17, 15) is 17.6 Å². The Kier molecular flexibility index (Phi) is 3.69. The molecule has 0 aromatic heterocycles. The van der Waals surface area contributed by atoms with Crippen molar-refractivity contribution in [3.63, 3.8) is 0 Å². The number of primary sulfonamides is 1. The van der Waals surface area contributed by atoms with Gasteiger partial charge in [-0.2, -0.15) is 0 Å². The molecule has 0 saturated carbocycles. The van der Waals surface area contributed by atoms with E-state index in [-0.39, 0.29) is 17.9 Å². The van der Waals surface area contributed by atoms with E-state index in [0.29, 0.717) is 11.1 Å².